The summed E-state index contributed by atoms with van der Waals surface area (Å²) >= 11 is 6.31. The maximum Gasteiger partial charge on any atom is 0.270 e. The molecule has 0 saturated heterocycles. The maximum absolute atomic E-state index is 13.9. The zero-order valence-electron chi connectivity index (χ0n) is 18.7. The van der Waals surface area contributed by atoms with Gasteiger partial charge in [-0.2, -0.15) is 0 Å². The van der Waals surface area contributed by atoms with E-state index in [1.807, 2.05) is 19.1 Å². The number of ether oxygens (including phenoxy) is 1. The van der Waals surface area contributed by atoms with Crippen LogP contribution in [0, 0.1) is 6.92 Å². The van der Waals surface area contributed by atoms with E-state index in [9.17, 15) is 13.2 Å². The number of methoxy groups -OCH3 is 1. The van der Waals surface area contributed by atoms with Crippen LogP contribution in [0.5, 0.6) is 5.75 Å². The summed E-state index contributed by atoms with van der Waals surface area (Å²) in [6.45, 7) is 5.55. The SMILES string of the molecule is C=CCN1c2ccc(Cl)cc2C(c2ccccc2)=C(C(=O)Nc2cc(C)ccc2OC)S1(=O)=O. The van der Waals surface area contributed by atoms with Gasteiger partial charge in [-0.15, -0.1) is 6.58 Å². The van der Waals surface area contributed by atoms with Crippen molar-refractivity contribution in [1.82, 2.24) is 0 Å². The molecule has 1 amide bonds. The summed E-state index contributed by atoms with van der Waals surface area (Å²) in [5.41, 5.74) is 3.07. The van der Waals surface area contributed by atoms with Crippen LogP contribution in [0.3, 0.4) is 0 Å². The zero-order valence-corrected chi connectivity index (χ0v) is 20.3. The number of nitrogens with zero attached hydrogens (tertiary/aromatic N) is 1. The molecule has 3 aromatic carbocycles. The minimum atomic E-state index is -4.25. The van der Waals surface area contributed by atoms with E-state index < -0.39 is 15.9 Å². The van der Waals surface area contributed by atoms with Gasteiger partial charge in [-0.25, -0.2) is 8.42 Å². The fourth-order valence-corrected chi connectivity index (χ4v) is 5.83. The Morgan fingerprint density at radius 3 is 2.53 bits per heavy atom. The molecule has 0 atom stereocenters. The molecular weight excluding hydrogens is 472 g/mol. The molecule has 0 unspecified atom stereocenters. The third-order valence-electron chi connectivity index (χ3n) is 5.44. The largest absolute Gasteiger partial charge is 0.495 e. The van der Waals surface area contributed by atoms with Crippen LogP contribution in [0.15, 0.2) is 84.3 Å². The van der Waals surface area contributed by atoms with Crippen LogP contribution >= 0.6 is 11.6 Å². The average molecular weight is 495 g/mol. The minimum Gasteiger partial charge on any atom is -0.495 e. The number of amides is 1. The molecule has 0 aliphatic carbocycles. The van der Waals surface area contributed by atoms with Crippen LogP contribution in [0.4, 0.5) is 11.4 Å². The molecule has 0 fully saturated rings. The van der Waals surface area contributed by atoms with Crippen LogP contribution in [-0.4, -0.2) is 28.0 Å². The average Bonchev–Trinajstić information content (AvgIpc) is 2.81. The lowest BCUT2D eigenvalue weighted by atomic mass is 9.95. The van der Waals surface area contributed by atoms with Gasteiger partial charge in [-0.3, -0.25) is 9.10 Å². The van der Waals surface area contributed by atoms with Gasteiger partial charge in [0.25, 0.3) is 15.9 Å². The Hall–Kier alpha value is -3.55. The lowest BCUT2D eigenvalue weighted by molar-refractivity contribution is -0.112. The zero-order chi connectivity index (χ0) is 24.5. The fraction of sp³-hybridized carbons (Fsp3) is 0.115. The topological polar surface area (TPSA) is 75.7 Å². The van der Waals surface area contributed by atoms with Crippen LogP contribution in [-0.2, 0) is 14.8 Å². The molecule has 1 N–H and O–H groups in total. The molecule has 6 nitrogen and oxygen atoms in total. The highest BCUT2D eigenvalue weighted by molar-refractivity contribution is 7.97. The van der Waals surface area contributed by atoms with Crippen molar-refractivity contribution in [2.24, 2.45) is 0 Å². The van der Waals surface area contributed by atoms with E-state index in [0.717, 1.165) is 5.56 Å². The van der Waals surface area contributed by atoms with Crippen molar-refractivity contribution in [2.45, 2.75) is 6.92 Å². The predicted molar refractivity (Wildman–Crippen MR) is 137 cm³/mol. The number of halogens is 1. The highest BCUT2D eigenvalue weighted by atomic mass is 35.5. The van der Waals surface area contributed by atoms with Gasteiger partial charge in [0.2, 0.25) is 0 Å². The van der Waals surface area contributed by atoms with Gasteiger partial charge in [0.05, 0.1) is 25.0 Å². The smallest absolute Gasteiger partial charge is 0.270 e. The van der Waals surface area contributed by atoms with Gasteiger partial charge in [0, 0.05) is 16.2 Å². The van der Waals surface area contributed by atoms with Gasteiger partial charge in [-0.05, 0) is 48.4 Å². The molecule has 0 aromatic heterocycles. The molecule has 34 heavy (non-hydrogen) atoms. The number of carbonyl (C=O) groups is 1. The number of hydrogen-bond acceptors (Lipinski definition) is 4. The summed E-state index contributed by atoms with van der Waals surface area (Å²) in [5, 5.41) is 3.17. The first-order chi connectivity index (χ1) is 16.3. The maximum atomic E-state index is 13.9. The van der Waals surface area contributed by atoms with E-state index >= 15 is 0 Å². The molecule has 1 aliphatic heterocycles. The first kappa shape index (κ1) is 23.6. The number of aryl methyl sites for hydroxylation is 1. The van der Waals surface area contributed by atoms with E-state index in [1.54, 1.807) is 54.6 Å². The molecule has 8 heteroatoms. The van der Waals surface area contributed by atoms with Crippen LogP contribution < -0.4 is 14.4 Å². The quantitative estimate of drug-likeness (QED) is 0.466. The van der Waals surface area contributed by atoms with E-state index in [4.69, 9.17) is 16.3 Å². The third-order valence-corrected chi connectivity index (χ3v) is 7.51. The lowest BCUT2D eigenvalue weighted by Crippen LogP contribution is -2.39. The highest BCUT2D eigenvalue weighted by Crippen LogP contribution is 2.44. The summed E-state index contributed by atoms with van der Waals surface area (Å²) < 4.78 is 34.3. The number of hydrogen-bond donors (Lipinski definition) is 1. The summed E-state index contributed by atoms with van der Waals surface area (Å²) in [4.78, 5) is 13.3. The number of anilines is 2. The van der Waals surface area contributed by atoms with Crippen LogP contribution in [0.1, 0.15) is 16.7 Å². The monoisotopic (exact) mass is 494 g/mol. The van der Waals surface area contributed by atoms with Crippen molar-refractivity contribution in [3.05, 3.63) is 106 Å². The Balaban J connectivity index is 2.01. The lowest BCUT2D eigenvalue weighted by Gasteiger charge is -2.33. The summed E-state index contributed by atoms with van der Waals surface area (Å²) in [6.07, 6.45) is 1.47. The molecule has 0 bridgehead atoms. The van der Waals surface area contributed by atoms with Crippen molar-refractivity contribution in [1.29, 1.82) is 0 Å². The molecule has 3 aromatic rings. The summed E-state index contributed by atoms with van der Waals surface area (Å²) in [7, 11) is -2.77. The number of fused-ring (bicyclic) bond motifs is 1. The predicted octanol–water partition coefficient (Wildman–Crippen LogP) is 5.39. The highest BCUT2D eigenvalue weighted by Gasteiger charge is 2.41. The first-order valence-corrected chi connectivity index (χ1v) is 12.3. The van der Waals surface area contributed by atoms with Crippen LogP contribution in [0.2, 0.25) is 5.02 Å². The molecule has 0 saturated carbocycles. The Morgan fingerprint density at radius 1 is 1.12 bits per heavy atom. The molecule has 1 aliphatic rings. The van der Waals surface area contributed by atoms with Gasteiger partial charge in [-0.1, -0.05) is 54.1 Å². The summed E-state index contributed by atoms with van der Waals surface area (Å²) in [6, 6.07) is 19.1. The van der Waals surface area contributed by atoms with E-state index in [0.29, 0.717) is 33.3 Å². The van der Waals surface area contributed by atoms with Crippen molar-refractivity contribution in [3.8, 4) is 5.75 Å². The van der Waals surface area contributed by atoms with E-state index in [2.05, 4.69) is 11.9 Å². The van der Waals surface area contributed by atoms with Gasteiger partial charge < -0.3 is 10.1 Å². The number of sulfonamides is 1. The number of benzene rings is 3. The van der Waals surface area contributed by atoms with Gasteiger partial charge >= 0.3 is 0 Å². The van der Waals surface area contributed by atoms with Crippen molar-refractivity contribution in [2.75, 3.05) is 23.3 Å². The molecule has 1 heterocycles. The van der Waals surface area contributed by atoms with Gasteiger partial charge in [0.15, 0.2) is 4.91 Å². The molecule has 0 spiro atoms. The molecule has 4 rings (SSSR count). The number of rotatable bonds is 6. The molecule has 0 radical (unpaired) electrons. The summed E-state index contributed by atoms with van der Waals surface area (Å²) in [5.74, 6) is -0.358. The Kier molecular flexibility index (Phi) is 6.50. The van der Waals surface area contributed by atoms with Crippen molar-refractivity contribution >= 4 is 44.5 Å². The molecule has 174 valence electrons. The second-order valence-corrected chi connectivity index (χ2v) is 9.95. The normalized spacial score (nSPS) is 14.4. The minimum absolute atomic E-state index is 0.0103. The standard InChI is InChI=1S/C26H23ClN2O4S/c1-4-14-29-22-12-11-19(27)16-20(22)24(18-8-6-5-7-9-18)25(34(29,31)32)26(30)28-21-15-17(2)10-13-23(21)33-3/h4-13,15-16H,1,14H2,2-3H3,(H,28,30). The van der Waals surface area contributed by atoms with Crippen molar-refractivity contribution < 1.29 is 17.9 Å². The second-order valence-electron chi connectivity index (χ2n) is 7.71. The fourth-order valence-electron chi connectivity index (χ4n) is 3.95. The number of nitrogens with one attached hydrogen (secondary N) is 1. The Morgan fingerprint density at radius 2 is 1.85 bits per heavy atom. The Bertz CT molecular complexity index is 1420. The van der Waals surface area contributed by atoms with Crippen LogP contribution in [0.25, 0.3) is 5.57 Å². The first-order valence-electron chi connectivity index (χ1n) is 10.5. The van der Waals surface area contributed by atoms with E-state index in [1.165, 1.54) is 17.5 Å². The van der Waals surface area contributed by atoms with E-state index in [-0.39, 0.29) is 17.0 Å². The number of carbonyl (C=O) groups excluding carboxylic acids is 1. The molecular formula is C26H23ClN2O4S. The van der Waals surface area contributed by atoms with Gasteiger partial charge in [0.1, 0.15) is 5.75 Å². The third kappa shape index (κ3) is 4.20. The second kappa shape index (κ2) is 9.37. The Labute approximate surface area is 204 Å². The van der Waals surface area contributed by atoms with Crippen molar-refractivity contribution in [3.63, 3.8) is 0 Å².